The fraction of sp³-hybridized carbons (Fsp3) is 0.143. The van der Waals surface area contributed by atoms with Gasteiger partial charge < -0.3 is 16.6 Å². The van der Waals surface area contributed by atoms with E-state index in [1.54, 1.807) is 24.3 Å². The van der Waals surface area contributed by atoms with E-state index in [2.05, 4.69) is 0 Å². The van der Waals surface area contributed by atoms with Crippen LogP contribution in [0.1, 0.15) is 6.42 Å². The number of benzene rings is 2. The number of sulfone groups is 1. The van der Waals surface area contributed by atoms with Crippen LogP contribution in [-0.4, -0.2) is 30.3 Å². The summed E-state index contributed by atoms with van der Waals surface area (Å²) in [5, 5.41) is 10.6. The molecule has 2 rings (SSSR count). The Bertz CT molecular complexity index is 862. The highest BCUT2D eigenvalue weighted by Gasteiger charge is 2.49. The van der Waals surface area contributed by atoms with Crippen molar-refractivity contribution in [3.63, 3.8) is 0 Å². The van der Waals surface area contributed by atoms with Crippen molar-refractivity contribution in [3.05, 3.63) is 42.5 Å². The molecule has 0 fully saturated rings. The number of carboxylic acids is 1. The standard InChI is InChI=1S/C14H14N2O5S/c15-12(17)8-14(16,13(18)19)22(20,21)11-6-5-9-3-1-2-4-10(9)7-11/h1-7H,8,16H2,(H2,15,17)(H,18,19)/t14-/m0/s1. The van der Waals surface area contributed by atoms with Crippen molar-refractivity contribution >= 4 is 32.5 Å². The molecule has 0 aromatic heterocycles. The van der Waals surface area contributed by atoms with Crippen molar-refractivity contribution in [3.8, 4) is 0 Å². The molecule has 8 heteroatoms. The van der Waals surface area contributed by atoms with Gasteiger partial charge in [0.2, 0.25) is 20.6 Å². The van der Waals surface area contributed by atoms with Crippen LogP contribution in [0.2, 0.25) is 0 Å². The molecule has 0 unspecified atom stereocenters. The topological polar surface area (TPSA) is 141 Å². The Balaban J connectivity index is 2.64. The number of carboxylic acid groups (broad SMARTS) is 1. The highest BCUT2D eigenvalue weighted by atomic mass is 32.2. The third-order valence-corrected chi connectivity index (χ3v) is 5.46. The summed E-state index contributed by atoms with van der Waals surface area (Å²) < 4.78 is 25.1. The molecular weight excluding hydrogens is 308 g/mol. The molecule has 0 saturated carbocycles. The molecule has 0 bridgehead atoms. The molecule has 0 saturated heterocycles. The molecule has 2 aromatic rings. The smallest absolute Gasteiger partial charge is 0.340 e. The van der Waals surface area contributed by atoms with Gasteiger partial charge in [-0.25, -0.2) is 13.2 Å². The fourth-order valence-corrected chi connectivity index (χ4v) is 3.60. The van der Waals surface area contributed by atoms with Gasteiger partial charge in [0.15, 0.2) is 0 Å². The van der Waals surface area contributed by atoms with Crippen molar-refractivity contribution in [2.45, 2.75) is 16.2 Å². The van der Waals surface area contributed by atoms with Crippen molar-refractivity contribution < 1.29 is 23.1 Å². The Morgan fingerprint density at radius 1 is 1.09 bits per heavy atom. The number of nitrogens with two attached hydrogens (primary N) is 2. The van der Waals surface area contributed by atoms with Crippen LogP contribution in [0.25, 0.3) is 10.8 Å². The number of fused-ring (bicyclic) bond motifs is 1. The van der Waals surface area contributed by atoms with Crippen molar-refractivity contribution in [1.82, 2.24) is 0 Å². The lowest BCUT2D eigenvalue weighted by molar-refractivity contribution is -0.141. The van der Waals surface area contributed by atoms with E-state index >= 15 is 0 Å². The first kappa shape index (κ1) is 15.9. The van der Waals surface area contributed by atoms with Crippen molar-refractivity contribution in [2.24, 2.45) is 11.5 Å². The predicted molar refractivity (Wildman–Crippen MR) is 79.5 cm³/mol. The van der Waals surface area contributed by atoms with Gasteiger partial charge in [0.1, 0.15) is 0 Å². The zero-order valence-corrected chi connectivity index (χ0v) is 12.2. The van der Waals surface area contributed by atoms with Gasteiger partial charge >= 0.3 is 5.97 Å². The van der Waals surface area contributed by atoms with Crippen LogP contribution in [0, 0.1) is 0 Å². The number of carbonyl (C=O) groups is 2. The molecule has 1 amide bonds. The van der Waals surface area contributed by atoms with E-state index in [0.29, 0.717) is 5.39 Å². The van der Waals surface area contributed by atoms with Crippen LogP contribution in [0.5, 0.6) is 0 Å². The van der Waals surface area contributed by atoms with Crippen LogP contribution < -0.4 is 11.5 Å². The average Bonchev–Trinajstić information content (AvgIpc) is 2.45. The maximum Gasteiger partial charge on any atom is 0.340 e. The SMILES string of the molecule is NC(=O)C[C@@](N)(C(=O)O)S(=O)(=O)c1ccc2ccccc2c1. The van der Waals surface area contributed by atoms with Gasteiger partial charge in [0, 0.05) is 0 Å². The molecule has 0 spiro atoms. The number of aliphatic carboxylic acids is 1. The highest BCUT2D eigenvalue weighted by Crippen LogP contribution is 2.27. The third kappa shape index (κ3) is 2.53. The number of primary amides is 1. The molecule has 0 aliphatic rings. The minimum absolute atomic E-state index is 0.280. The second kappa shape index (κ2) is 5.39. The summed E-state index contributed by atoms with van der Waals surface area (Å²) in [6.45, 7) is 0. The summed E-state index contributed by atoms with van der Waals surface area (Å²) in [6.07, 6.45) is -1.02. The molecule has 0 heterocycles. The zero-order valence-electron chi connectivity index (χ0n) is 11.4. The Morgan fingerprint density at radius 2 is 1.68 bits per heavy atom. The van der Waals surface area contributed by atoms with Crippen LogP contribution in [0.3, 0.4) is 0 Å². The lowest BCUT2D eigenvalue weighted by Crippen LogP contribution is -2.56. The first-order valence-electron chi connectivity index (χ1n) is 6.22. The fourth-order valence-electron chi connectivity index (χ4n) is 2.09. The Hall–Kier alpha value is -2.45. The van der Waals surface area contributed by atoms with E-state index in [0.717, 1.165) is 5.39 Å². The van der Waals surface area contributed by atoms with Crippen LogP contribution in [-0.2, 0) is 19.4 Å². The molecule has 0 aliphatic heterocycles. The molecule has 116 valence electrons. The van der Waals surface area contributed by atoms with Gasteiger partial charge in [0.05, 0.1) is 11.3 Å². The second-order valence-electron chi connectivity index (χ2n) is 4.85. The lowest BCUT2D eigenvalue weighted by Gasteiger charge is -2.23. The maximum atomic E-state index is 12.6. The van der Waals surface area contributed by atoms with Crippen LogP contribution >= 0.6 is 0 Å². The molecule has 0 radical (unpaired) electrons. The van der Waals surface area contributed by atoms with E-state index in [9.17, 15) is 23.1 Å². The average molecular weight is 322 g/mol. The normalized spacial score (nSPS) is 14.4. The largest absolute Gasteiger partial charge is 0.479 e. The van der Waals surface area contributed by atoms with Gasteiger partial charge in [-0.05, 0) is 22.9 Å². The highest BCUT2D eigenvalue weighted by molar-refractivity contribution is 7.93. The summed E-state index contributed by atoms with van der Waals surface area (Å²) in [7, 11) is -4.51. The quantitative estimate of drug-likeness (QED) is 0.719. The van der Waals surface area contributed by atoms with Gasteiger partial charge in [0.25, 0.3) is 0 Å². The molecule has 5 N–H and O–H groups in total. The van der Waals surface area contributed by atoms with E-state index < -0.39 is 33.0 Å². The molecule has 22 heavy (non-hydrogen) atoms. The number of hydrogen-bond acceptors (Lipinski definition) is 5. The van der Waals surface area contributed by atoms with Gasteiger partial charge in [-0.3, -0.25) is 4.79 Å². The zero-order chi connectivity index (χ0) is 16.5. The van der Waals surface area contributed by atoms with Crippen LogP contribution in [0.15, 0.2) is 47.4 Å². The van der Waals surface area contributed by atoms with Crippen LogP contribution in [0.4, 0.5) is 0 Å². The Kier molecular flexibility index (Phi) is 3.90. The van der Waals surface area contributed by atoms with E-state index in [4.69, 9.17) is 11.5 Å². The third-order valence-electron chi connectivity index (χ3n) is 3.31. The minimum Gasteiger partial charge on any atom is -0.479 e. The predicted octanol–water partition coefficient (Wildman–Crippen LogP) is 0.229. The molecule has 7 nitrogen and oxygen atoms in total. The summed E-state index contributed by atoms with van der Waals surface area (Å²) in [5.41, 5.74) is 10.4. The van der Waals surface area contributed by atoms with Crippen molar-refractivity contribution in [2.75, 3.05) is 0 Å². The van der Waals surface area contributed by atoms with E-state index in [1.165, 1.54) is 18.2 Å². The summed E-state index contributed by atoms with van der Waals surface area (Å²) in [4.78, 5) is 19.3. The number of carbonyl (C=O) groups excluding carboxylic acids is 1. The lowest BCUT2D eigenvalue weighted by atomic mass is 10.1. The van der Waals surface area contributed by atoms with Crippen molar-refractivity contribution in [1.29, 1.82) is 0 Å². The van der Waals surface area contributed by atoms with E-state index in [1.807, 2.05) is 0 Å². The molecule has 0 aliphatic carbocycles. The summed E-state index contributed by atoms with van der Waals surface area (Å²) >= 11 is 0. The summed E-state index contributed by atoms with van der Waals surface area (Å²) in [6, 6.07) is 11.1. The van der Waals surface area contributed by atoms with Gasteiger partial charge in [-0.15, -0.1) is 0 Å². The monoisotopic (exact) mass is 322 g/mol. The first-order valence-corrected chi connectivity index (χ1v) is 7.71. The molecule has 1 atom stereocenters. The Morgan fingerprint density at radius 3 is 2.23 bits per heavy atom. The maximum absolute atomic E-state index is 12.6. The first-order chi connectivity index (χ1) is 10.2. The van der Waals surface area contributed by atoms with E-state index in [-0.39, 0.29) is 4.90 Å². The van der Waals surface area contributed by atoms with Gasteiger partial charge in [-0.2, -0.15) is 0 Å². The number of hydrogen-bond donors (Lipinski definition) is 3. The molecule has 2 aromatic carbocycles. The molecular formula is C14H14N2O5S. The second-order valence-corrected chi connectivity index (χ2v) is 7.06. The number of amides is 1. The van der Waals surface area contributed by atoms with Gasteiger partial charge in [-0.1, -0.05) is 30.3 Å². The number of rotatable bonds is 5. The Labute approximate surface area is 126 Å². The minimum atomic E-state index is -4.51. The summed E-state index contributed by atoms with van der Waals surface area (Å²) in [5.74, 6) is -2.95.